The Labute approximate surface area is 98.6 Å². The van der Waals surface area contributed by atoms with E-state index in [-0.39, 0.29) is 11.8 Å². The van der Waals surface area contributed by atoms with Gasteiger partial charge in [-0.1, -0.05) is 5.57 Å². The number of dihydropyridines is 1. The van der Waals surface area contributed by atoms with E-state index in [0.717, 1.165) is 5.71 Å². The van der Waals surface area contributed by atoms with Crippen LogP contribution in [0.5, 0.6) is 0 Å². The first kappa shape index (κ1) is 11.8. The van der Waals surface area contributed by atoms with Crippen LogP contribution in [0.3, 0.4) is 0 Å². The van der Waals surface area contributed by atoms with Crippen molar-refractivity contribution in [1.29, 1.82) is 0 Å². The summed E-state index contributed by atoms with van der Waals surface area (Å²) in [4.78, 5) is 7.14. The minimum absolute atomic E-state index is 0.0159. The largest absolute Gasteiger partial charge is 0.286 e. The molecule has 2 aliphatic heterocycles. The quantitative estimate of drug-likeness (QED) is 0.677. The van der Waals surface area contributed by atoms with Crippen molar-refractivity contribution in [2.24, 2.45) is 10.9 Å². The molecule has 16 heavy (non-hydrogen) atoms. The van der Waals surface area contributed by atoms with Crippen molar-refractivity contribution in [3.63, 3.8) is 0 Å². The summed E-state index contributed by atoms with van der Waals surface area (Å²) in [5.41, 5.74) is 2.60. The fourth-order valence-electron chi connectivity index (χ4n) is 2.99. The Kier molecular flexibility index (Phi) is 2.71. The van der Waals surface area contributed by atoms with Crippen LogP contribution in [-0.2, 0) is 0 Å². The third kappa shape index (κ3) is 1.72. The predicted molar refractivity (Wildman–Crippen MR) is 68.6 cm³/mol. The van der Waals surface area contributed by atoms with Crippen LogP contribution in [0.25, 0.3) is 0 Å². The highest BCUT2D eigenvalue weighted by Crippen LogP contribution is 2.34. The third-order valence-electron chi connectivity index (χ3n) is 4.16. The summed E-state index contributed by atoms with van der Waals surface area (Å²) in [7, 11) is 2.19. The standard InChI is InChI=1S/C13H23N3/c1-8-7-9(2)14-12-11(8)10(3)16(6)13(4,5)15-12/h7,10-12,15H,1-6H3. The van der Waals surface area contributed by atoms with E-state index in [4.69, 9.17) is 4.99 Å². The van der Waals surface area contributed by atoms with Crippen molar-refractivity contribution in [2.75, 3.05) is 7.05 Å². The Hall–Kier alpha value is -0.670. The molecule has 0 aliphatic carbocycles. The Morgan fingerprint density at radius 1 is 1.38 bits per heavy atom. The average molecular weight is 221 g/mol. The number of nitrogens with zero attached hydrogens (tertiary/aromatic N) is 2. The van der Waals surface area contributed by atoms with E-state index in [1.165, 1.54) is 5.57 Å². The molecule has 3 unspecified atom stereocenters. The molecule has 2 aliphatic rings. The van der Waals surface area contributed by atoms with Gasteiger partial charge in [0.1, 0.15) is 6.17 Å². The molecule has 0 aromatic rings. The zero-order valence-electron chi connectivity index (χ0n) is 11.2. The molecule has 2 rings (SSSR count). The fraction of sp³-hybridized carbons (Fsp3) is 0.769. The molecule has 0 spiro atoms. The van der Waals surface area contributed by atoms with E-state index < -0.39 is 0 Å². The number of allylic oxidation sites excluding steroid dienone is 1. The first-order valence-corrected chi connectivity index (χ1v) is 6.06. The Bertz CT molecular complexity index is 354. The normalized spacial score (nSPS) is 38.8. The summed E-state index contributed by atoms with van der Waals surface area (Å²) in [5, 5.41) is 3.63. The van der Waals surface area contributed by atoms with E-state index in [2.05, 4.69) is 58.0 Å². The van der Waals surface area contributed by atoms with Crippen LogP contribution in [0.1, 0.15) is 34.6 Å². The minimum Gasteiger partial charge on any atom is -0.286 e. The van der Waals surface area contributed by atoms with Crippen molar-refractivity contribution in [2.45, 2.75) is 52.5 Å². The summed E-state index contributed by atoms with van der Waals surface area (Å²) in [6.45, 7) is 11.0. The number of fused-ring (bicyclic) bond motifs is 1. The first-order chi connectivity index (χ1) is 7.33. The van der Waals surface area contributed by atoms with E-state index in [1.807, 2.05) is 0 Å². The SMILES string of the molecule is CC1=CC(C)=NC2NC(C)(C)N(C)C(C)C12. The van der Waals surface area contributed by atoms with E-state index in [9.17, 15) is 0 Å². The molecule has 0 radical (unpaired) electrons. The molecule has 2 heterocycles. The van der Waals surface area contributed by atoms with Gasteiger partial charge in [-0.2, -0.15) is 0 Å². The molecule has 1 N–H and O–H groups in total. The van der Waals surface area contributed by atoms with Gasteiger partial charge in [0.15, 0.2) is 0 Å². The second-order valence-electron chi connectivity index (χ2n) is 5.68. The van der Waals surface area contributed by atoms with Gasteiger partial charge in [-0.05, 0) is 47.7 Å². The lowest BCUT2D eigenvalue weighted by Crippen LogP contribution is -2.68. The van der Waals surface area contributed by atoms with Gasteiger partial charge < -0.3 is 0 Å². The van der Waals surface area contributed by atoms with Crippen LogP contribution in [0.4, 0.5) is 0 Å². The van der Waals surface area contributed by atoms with Crippen LogP contribution >= 0.6 is 0 Å². The van der Waals surface area contributed by atoms with E-state index >= 15 is 0 Å². The highest BCUT2D eigenvalue weighted by molar-refractivity contribution is 5.94. The maximum atomic E-state index is 4.74. The number of hydrogen-bond donors (Lipinski definition) is 1. The second kappa shape index (κ2) is 3.67. The zero-order valence-corrected chi connectivity index (χ0v) is 11.2. The average Bonchev–Trinajstić information content (AvgIpc) is 2.12. The van der Waals surface area contributed by atoms with Gasteiger partial charge in [0.2, 0.25) is 0 Å². The molecule has 90 valence electrons. The minimum atomic E-state index is 0.0159. The fourth-order valence-corrected chi connectivity index (χ4v) is 2.99. The molecule has 1 saturated heterocycles. The lowest BCUT2D eigenvalue weighted by atomic mass is 9.82. The molecule has 0 aromatic carbocycles. The highest BCUT2D eigenvalue weighted by atomic mass is 15.4. The third-order valence-corrected chi connectivity index (χ3v) is 4.16. The van der Waals surface area contributed by atoms with Gasteiger partial charge in [0, 0.05) is 17.7 Å². The van der Waals surface area contributed by atoms with Gasteiger partial charge in [-0.25, -0.2) is 0 Å². The Balaban J connectivity index is 2.35. The van der Waals surface area contributed by atoms with Crippen LogP contribution in [-0.4, -0.2) is 35.5 Å². The number of aliphatic imine (C=N–C) groups is 1. The van der Waals surface area contributed by atoms with E-state index in [0.29, 0.717) is 12.0 Å². The number of hydrogen-bond acceptors (Lipinski definition) is 3. The molecule has 0 amide bonds. The van der Waals surface area contributed by atoms with Crippen molar-refractivity contribution in [3.05, 3.63) is 11.6 Å². The molecule has 0 bridgehead atoms. The van der Waals surface area contributed by atoms with Crippen LogP contribution in [0, 0.1) is 5.92 Å². The van der Waals surface area contributed by atoms with Crippen molar-refractivity contribution >= 4 is 5.71 Å². The lowest BCUT2D eigenvalue weighted by molar-refractivity contribution is -0.0102. The second-order valence-corrected chi connectivity index (χ2v) is 5.68. The van der Waals surface area contributed by atoms with Gasteiger partial charge in [-0.3, -0.25) is 15.2 Å². The maximum absolute atomic E-state index is 4.74. The smallest absolute Gasteiger partial charge is 0.109 e. The van der Waals surface area contributed by atoms with Gasteiger partial charge >= 0.3 is 0 Å². The summed E-state index contributed by atoms with van der Waals surface area (Å²) in [5.74, 6) is 0.502. The van der Waals surface area contributed by atoms with Gasteiger partial charge in [-0.15, -0.1) is 0 Å². The van der Waals surface area contributed by atoms with Crippen molar-refractivity contribution < 1.29 is 0 Å². The molecule has 3 nitrogen and oxygen atoms in total. The highest BCUT2D eigenvalue weighted by Gasteiger charge is 2.44. The van der Waals surface area contributed by atoms with Gasteiger partial charge in [0.05, 0.1) is 5.66 Å². The van der Waals surface area contributed by atoms with Gasteiger partial charge in [0.25, 0.3) is 0 Å². The predicted octanol–water partition coefficient (Wildman–Crippen LogP) is 2.01. The van der Waals surface area contributed by atoms with Crippen LogP contribution in [0.2, 0.25) is 0 Å². The molecule has 0 aromatic heterocycles. The van der Waals surface area contributed by atoms with Crippen LogP contribution < -0.4 is 5.32 Å². The summed E-state index contributed by atoms with van der Waals surface area (Å²) in [6.07, 6.45) is 2.46. The summed E-state index contributed by atoms with van der Waals surface area (Å²) >= 11 is 0. The zero-order chi connectivity index (χ0) is 12.1. The number of rotatable bonds is 0. The maximum Gasteiger partial charge on any atom is 0.109 e. The molecule has 0 saturated carbocycles. The summed E-state index contributed by atoms with van der Waals surface area (Å²) in [6, 6.07) is 0.523. The topological polar surface area (TPSA) is 27.6 Å². The lowest BCUT2D eigenvalue weighted by Gasteiger charge is -2.52. The first-order valence-electron chi connectivity index (χ1n) is 6.06. The molecule has 1 fully saturated rings. The number of nitrogens with one attached hydrogen (secondary N) is 1. The monoisotopic (exact) mass is 221 g/mol. The molecular weight excluding hydrogens is 198 g/mol. The summed E-state index contributed by atoms with van der Waals surface area (Å²) < 4.78 is 0. The molecule has 3 atom stereocenters. The van der Waals surface area contributed by atoms with Crippen molar-refractivity contribution in [1.82, 2.24) is 10.2 Å². The van der Waals surface area contributed by atoms with Crippen LogP contribution in [0.15, 0.2) is 16.6 Å². The Morgan fingerprint density at radius 3 is 2.62 bits per heavy atom. The molecule has 3 heteroatoms. The van der Waals surface area contributed by atoms with Crippen molar-refractivity contribution in [3.8, 4) is 0 Å². The molecular formula is C13H23N3. The van der Waals surface area contributed by atoms with E-state index in [1.54, 1.807) is 0 Å². The Morgan fingerprint density at radius 2 is 2.00 bits per heavy atom.